The Kier molecular flexibility index (Phi) is 3.65. The van der Waals surface area contributed by atoms with Gasteiger partial charge in [-0.05, 0) is 50.2 Å². The van der Waals surface area contributed by atoms with Gasteiger partial charge < -0.3 is 10.2 Å². The second kappa shape index (κ2) is 4.99. The van der Waals surface area contributed by atoms with Crippen LogP contribution in [0.4, 0.5) is 5.69 Å². The standard InChI is InChI=1S/C12H17BrN2/c1-14-8-10-6-7-15(9-10)12-4-2-11(13)3-5-12/h2-5,10,14H,6-9H2,1H3. The van der Waals surface area contributed by atoms with E-state index in [0.717, 1.165) is 16.9 Å². The van der Waals surface area contributed by atoms with Crippen LogP contribution in [0.2, 0.25) is 0 Å². The van der Waals surface area contributed by atoms with Crippen molar-refractivity contribution in [3.8, 4) is 0 Å². The zero-order valence-corrected chi connectivity index (χ0v) is 10.6. The molecule has 1 aromatic rings. The predicted octanol–water partition coefficient (Wildman–Crippen LogP) is 2.49. The first-order valence-corrected chi connectivity index (χ1v) is 6.24. The highest BCUT2D eigenvalue weighted by Crippen LogP contribution is 2.24. The summed E-state index contributed by atoms with van der Waals surface area (Å²) in [5, 5.41) is 3.26. The molecule has 1 unspecified atom stereocenters. The van der Waals surface area contributed by atoms with Crippen molar-refractivity contribution in [2.75, 3.05) is 31.6 Å². The largest absolute Gasteiger partial charge is 0.371 e. The molecule has 1 saturated heterocycles. The number of nitrogens with one attached hydrogen (secondary N) is 1. The lowest BCUT2D eigenvalue weighted by molar-refractivity contribution is 0.549. The Labute approximate surface area is 99.8 Å². The van der Waals surface area contributed by atoms with E-state index in [1.807, 2.05) is 7.05 Å². The molecule has 1 heterocycles. The molecular formula is C12H17BrN2. The Morgan fingerprint density at radius 1 is 1.40 bits per heavy atom. The van der Waals surface area contributed by atoms with Gasteiger partial charge in [0.15, 0.2) is 0 Å². The molecule has 0 aliphatic carbocycles. The van der Waals surface area contributed by atoms with Crippen LogP contribution in [0.1, 0.15) is 6.42 Å². The van der Waals surface area contributed by atoms with Crippen molar-refractivity contribution in [2.24, 2.45) is 5.92 Å². The van der Waals surface area contributed by atoms with Gasteiger partial charge in [-0.25, -0.2) is 0 Å². The molecule has 82 valence electrons. The van der Waals surface area contributed by atoms with Gasteiger partial charge in [-0.3, -0.25) is 0 Å². The van der Waals surface area contributed by atoms with E-state index < -0.39 is 0 Å². The second-order valence-electron chi connectivity index (χ2n) is 4.13. The average molecular weight is 269 g/mol. The Hall–Kier alpha value is -0.540. The number of anilines is 1. The van der Waals surface area contributed by atoms with Crippen molar-refractivity contribution >= 4 is 21.6 Å². The van der Waals surface area contributed by atoms with E-state index in [-0.39, 0.29) is 0 Å². The molecule has 1 aliphatic heterocycles. The molecule has 1 N–H and O–H groups in total. The number of benzene rings is 1. The van der Waals surface area contributed by atoms with Crippen molar-refractivity contribution in [3.05, 3.63) is 28.7 Å². The molecule has 1 atom stereocenters. The zero-order chi connectivity index (χ0) is 10.7. The van der Waals surface area contributed by atoms with Gasteiger partial charge in [-0.1, -0.05) is 15.9 Å². The minimum atomic E-state index is 0.804. The van der Waals surface area contributed by atoms with E-state index in [9.17, 15) is 0 Å². The maximum Gasteiger partial charge on any atom is 0.0367 e. The van der Waals surface area contributed by atoms with Crippen LogP contribution < -0.4 is 10.2 Å². The summed E-state index contributed by atoms with van der Waals surface area (Å²) in [5.74, 6) is 0.804. The van der Waals surface area contributed by atoms with Crippen LogP contribution in [-0.4, -0.2) is 26.7 Å². The maximum absolute atomic E-state index is 3.46. The van der Waals surface area contributed by atoms with Gasteiger partial charge in [0.25, 0.3) is 0 Å². The lowest BCUT2D eigenvalue weighted by Crippen LogP contribution is -2.24. The van der Waals surface area contributed by atoms with Crippen LogP contribution in [0.25, 0.3) is 0 Å². The first-order valence-electron chi connectivity index (χ1n) is 5.44. The van der Waals surface area contributed by atoms with Gasteiger partial charge in [0, 0.05) is 23.2 Å². The SMILES string of the molecule is CNCC1CCN(c2ccc(Br)cc2)C1. The third kappa shape index (κ3) is 2.73. The molecule has 1 fully saturated rings. The van der Waals surface area contributed by atoms with E-state index in [4.69, 9.17) is 0 Å². The Bertz CT molecular complexity index is 310. The monoisotopic (exact) mass is 268 g/mol. The molecule has 1 aromatic carbocycles. The lowest BCUT2D eigenvalue weighted by Gasteiger charge is -2.18. The summed E-state index contributed by atoms with van der Waals surface area (Å²) in [6, 6.07) is 8.60. The molecule has 15 heavy (non-hydrogen) atoms. The average Bonchev–Trinajstić information content (AvgIpc) is 2.68. The third-order valence-electron chi connectivity index (χ3n) is 2.97. The number of halogens is 1. The van der Waals surface area contributed by atoms with Crippen molar-refractivity contribution in [1.29, 1.82) is 0 Å². The van der Waals surface area contributed by atoms with Gasteiger partial charge in [-0.15, -0.1) is 0 Å². The fourth-order valence-corrected chi connectivity index (χ4v) is 2.44. The highest BCUT2D eigenvalue weighted by molar-refractivity contribution is 9.10. The van der Waals surface area contributed by atoms with E-state index in [0.29, 0.717) is 0 Å². The lowest BCUT2D eigenvalue weighted by atomic mass is 10.1. The second-order valence-corrected chi connectivity index (χ2v) is 5.05. The molecule has 0 bridgehead atoms. The minimum absolute atomic E-state index is 0.804. The smallest absolute Gasteiger partial charge is 0.0367 e. The quantitative estimate of drug-likeness (QED) is 0.907. The van der Waals surface area contributed by atoms with Gasteiger partial charge in [0.05, 0.1) is 0 Å². The third-order valence-corrected chi connectivity index (χ3v) is 3.50. The van der Waals surface area contributed by atoms with Crippen molar-refractivity contribution < 1.29 is 0 Å². The van der Waals surface area contributed by atoms with E-state index in [1.165, 1.54) is 25.2 Å². The topological polar surface area (TPSA) is 15.3 Å². The van der Waals surface area contributed by atoms with Gasteiger partial charge in [0.1, 0.15) is 0 Å². The Morgan fingerprint density at radius 3 is 2.80 bits per heavy atom. The zero-order valence-electron chi connectivity index (χ0n) is 9.04. The summed E-state index contributed by atoms with van der Waals surface area (Å²) < 4.78 is 1.15. The minimum Gasteiger partial charge on any atom is -0.371 e. The van der Waals surface area contributed by atoms with Crippen LogP contribution in [0, 0.1) is 5.92 Å². The molecule has 2 rings (SSSR count). The molecule has 3 heteroatoms. The van der Waals surface area contributed by atoms with E-state index >= 15 is 0 Å². The molecule has 0 amide bonds. The summed E-state index contributed by atoms with van der Waals surface area (Å²) >= 11 is 3.46. The molecule has 1 aliphatic rings. The normalized spacial score (nSPS) is 20.9. The maximum atomic E-state index is 3.46. The summed E-state index contributed by atoms with van der Waals surface area (Å²) in [6.07, 6.45) is 1.30. The van der Waals surface area contributed by atoms with Crippen molar-refractivity contribution in [3.63, 3.8) is 0 Å². The number of hydrogen-bond acceptors (Lipinski definition) is 2. The molecule has 0 spiro atoms. The number of rotatable bonds is 3. The van der Waals surface area contributed by atoms with Crippen LogP contribution >= 0.6 is 15.9 Å². The van der Waals surface area contributed by atoms with E-state index in [1.54, 1.807) is 0 Å². The first-order chi connectivity index (χ1) is 7.29. The van der Waals surface area contributed by atoms with Crippen LogP contribution in [0.15, 0.2) is 28.7 Å². The van der Waals surface area contributed by atoms with Crippen molar-refractivity contribution in [2.45, 2.75) is 6.42 Å². The van der Waals surface area contributed by atoms with Crippen LogP contribution in [-0.2, 0) is 0 Å². The van der Waals surface area contributed by atoms with Crippen LogP contribution in [0.5, 0.6) is 0 Å². The highest BCUT2D eigenvalue weighted by Gasteiger charge is 2.21. The number of hydrogen-bond donors (Lipinski definition) is 1. The highest BCUT2D eigenvalue weighted by atomic mass is 79.9. The Morgan fingerprint density at radius 2 is 2.13 bits per heavy atom. The summed E-state index contributed by atoms with van der Waals surface area (Å²) in [6.45, 7) is 3.50. The fourth-order valence-electron chi connectivity index (χ4n) is 2.17. The molecule has 0 saturated carbocycles. The number of nitrogens with zero attached hydrogens (tertiary/aromatic N) is 1. The Balaban J connectivity index is 1.98. The van der Waals surface area contributed by atoms with Gasteiger partial charge in [0.2, 0.25) is 0 Å². The molecular weight excluding hydrogens is 252 g/mol. The molecule has 0 radical (unpaired) electrons. The van der Waals surface area contributed by atoms with Crippen molar-refractivity contribution in [1.82, 2.24) is 5.32 Å². The molecule has 2 nitrogen and oxygen atoms in total. The summed E-state index contributed by atoms with van der Waals surface area (Å²) in [7, 11) is 2.03. The fraction of sp³-hybridized carbons (Fsp3) is 0.500. The van der Waals surface area contributed by atoms with Crippen LogP contribution in [0.3, 0.4) is 0 Å². The van der Waals surface area contributed by atoms with Gasteiger partial charge >= 0.3 is 0 Å². The first kappa shape index (κ1) is 11.0. The predicted molar refractivity (Wildman–Crippen MR) is 68.4 cm³/mol. The molecule has 0 aromatic heterocycles. The summed E-state index contributed by atoms with van der Waals surface area (Å²) in [5.41, 5.74) is 1.34. The van der Waals surface area contributed by atoms with E-state index in [2.05, 4.69) is 50.4 Å². The summed E-state index contributed by atoms with van der Waals surface area (Å²) in [4.78, 5) is 2.47. The van der Waals surface area contributed by atoms with Gasteiger partial charge in [-0.2, -0.15) is 0 Å².